The number of carbonyl (C=O) groups is 1. The number of hydrogen-bond acceptors (Lipinski definition) is 3. The molecule has 104 valence electrons. The minimum Gasteiger partial charge on any atom is -0.497 e. The lowest BCUT2D eigenvalue weighted by molar-refractivity contribution is -0.121. The highest BCUT2D eigenvalue weighted by Crippen LogP contribution is 2.14. The van der Waals surface area contributed by atoms with E-state index < -0.39 is 0 Å². The van der Waals surface area contributed by atoms with Crippen molar-refractivity contribution in [1.29, 1.82) is 0 Å². The van der Waals surface area contributed by atoms with Gasteiger partial charge in [0.05, 0.1) is 25.3 Å². The van der Waals surface area contributed by atoms with Crippen LogP contribution in [-0.2, 0) is 11.2 Å². The highest BCUT2D eigenvalue weighted by Gasteiger charge is 2.11. The van der Waals surface area contributed by atoms with Gasteiger partial charge in [0.1, 0.15) is 5.75 Å². The molecule has 0 aliphatic carbocycles. The first kappa shape index (κ1) is 14.1. The van der Waals surface area contributed by atoms with Crippen LogP contribution in [0.2, 0.25) is 0 Å². The maximum absolute atomic E-state index is 12.0. The number of rotatable bonds is 5. The number of methoxy groups -OCH3 is 1. The fourth-order valence-corrected chi connectivity index (χ4v) is 1.97. The van der Waals surface area contributed by atoms with Gasteiger partial charge in [-0.1, -0.05) is 18.2 Å². The molecule has 1 N–H and O–H groups in total. The van der Waals surface area contributed by atoms with Crippen molar-refractivity contribution in [3.63, 3.8) is 0 Å². The Morgan fingerprint density at radius 2 is 2.15 bits per heavy atom. The number of pyridine rings is 1. The lowest BCUT2D eigenvalue weighted by Gasteiger charge is -2.13. The van der Waals surface area contributed by atoms with Crippen molar-refractivity contribution in [3.05, 3.63) is 59.9 Å². The van der Waals surface area contributed by atoms with E-state index in [-0.39, 0.29) is 11.9 Å². The van der Waals surface area contributed by atoms with Gasteiger partial charge in [-0.25, -0.2) is 0 Å². The quantitative estimate of drug-likeness (QED) is 0.908. The molecule has 0 saturated heterocycles. The minimum absolute atomic E-state index is 0.0311. The molecule has 1 atom stereocenters. The van der Waals surface area contributed by atoms with E-state index in [1.165, 1.54) is 0 Å². The summed E-state index contributed by atoms with van der Waals surface area (Å²) in [5.74, 6) is 0.726. The topological polar surface area (TPSA) is 51.2 Å². The van der Waals surface area contributed by atoms with Gasteiger partial charge in [-0.05, 0) is 36.8 Å². The average molecular weight is 270 g/mol. The van der Waals surface area contributed by atoms with Crippen LogP contribution in [0.15, 0.2) is 48.7 Å². The highest BCUT2D eigenvalue weighted by atomic mass is 16.5. The van der Waals surface area contributed by atoms with E-state index in [9.17, 15) is 4.79 Å². The van der Waals surface area contributed by atoms with E-state index in [1.54, 1.807) is 13.3 Å². The molecule has 20 heavy (non-hydrogen) atoms. The monoisotopic (exact) mass is 270 g/mol. The van der Waals surface area contributed by atoms with Crippen molar-refractivity contribution in [3.8, 4) is 5.75 Å². The zero-order valence-corrected chi connectivity index (χ0v) is 11.7. The predicted octanol–water partition coefficient (Wildman–Crippen LogP) is 2.51. The van der Waals surface area contributed by atoms with Gasteiger partial charge >= 0.3 is 0 Å². The van der Waals surface area contributed by atoms with Crippen LogP contribution >= 0.6 is 0 Å². The van der Waals surface area contributed by atoms with Gasteiger partial charge in [0.25, 0.3) is 0 Å². The molecule has 4 heteroatoms. The Morgan fingerprint density at radius 3 is 2.85 bits per heavy atom. The number of ether oxygens (including phenoxy) is 1. The third-order valence-electron chi connectivity index (χ3n) is 3.01. The molecule has 0 radical (unpaired) electrons. The van der Waals surface area contributed by atoms with E-state index in [2.05, 4.69) is 10.3 Å². The molecule has 0 saturated carbocycles. The van der Waals surface area contributed by atoms with Crippen LogP contribution < -0.4 is 10.1 Å². The molecule has 1 unspecified atom stereocenters. The normalized spacial score (nSPS) is 11.7. The fourth-order valence-electron chi connectivity index (χ4n) is 1.97. The molecule has 1 amide bonds. The second-order valence-corrected chi connectivity index (χ2v) is 4.57. The van der Waals surface area contributed by atoms with Gasteiger partial charge < -0.3 is 10.1 Å². The third-order valence-corrected chi connectivity index (χ3v) is 3.01. The molecule has 2 aromatic rings. The fraction of sp³-hybridized carbons (Fsp3) is 0.250. The zero-order chi connectivity index (χ0) is 14.4. The molecule has 2 rings (SSSR count). The van der Waals surface area contributed by atoms with E-state index >= 15 is 0 Å². The molecule has 0 aliphatic heterocycles. The summed E-state index contributed by atoms with van der Waals surface area (Å²) in [4.78, 5) is 16.2. The number of aromatic nitrogens is 1. The molecular formula is C16H18N2O2. The average Bonchev–Trinajstić information content (AvgIpc) is 2.48. The van der Waals surface area contributed by atoms with Crippen molar-refractivity contribution in [2.45, 2.75) is 19.4 Å². The summed E-state index contributed by atoms with van der Waals surface area (Å²) in [5, 5.41) is 2.94. The predicted molar refractivity (Wildman–Crippen MR) is 77.5 cm³/mol. The van der Waals surface area contributed by atoms with Crippen molar-refractivity contribution in [2.24, 2.45) is 0 Å². The summed E-state index contributed by atoms with van der Waals surface area (Å²) in [6, 6.07) is 13.1. The Bertz CT molecular complexity index is 570. The number of amides is 1. The highest BCUT2D eigenvalue weighted by molar-refractivity contribution is 5.79. The molecule has 4 nitrogen and oxygen atoms in total. The minimum atomic E-state index is -0.102. The first-order valence-electron chi connectivity index (χ1n) is 6.52. The van der Waals surface area contributed by atoms with Crippen LogP contribution in [0, 0.1) is 0 Å². The van der Waals surface area contributed by atoms with Crippen LogP contribution in [0.5, 0.6) is 5.75 Å². The number of nitrogens with zero attached hydrogens (tertiary/aromatic N) is 1. The molecule has 1 heterocycles. The van der Waals surface area contributed by atoms with Crippen LogP contribution in [0.1, 0.15) is 24.2 Å². The van der Waals surface area contributed by atoms with E-state index in [1.807, 2.05) is 49.4 Å². The standard InChI is InChI=1S/C16H18N2O2/c1-12(15-8-3-4-9-17-15)18-16(19)11-13-6-5-7-14(10-13)20-2/h3-10,12H,11H2,1-2H3,(H,18,19). The van der Waals surface area contributed by atoms with Gasteiger partial charge in [-0.2, -0.15) is 0 Å². The largest absolute Gasteiger partial charge is 0.497 e. The lowest BCUT2D eigenvalue weighted by Crippen LogP contribution is -2.28. The summed E-state index contributed by atoms with van der Waals surface area (Å²) in [6.07, 6.45) is 2.05. The van der Waals surface area contributed by atoms with Gasteiger partial charge in [0.2, 0.25) is 5.91 Å². The van der Waals surface area contributed by atoms with Gasteiger partial charge in [0.15, 0.2) is 0 Å². The van der Waals surface area contributed by atoms with E-state index in [4.69, 9.17) is 4.74 Å². The summed E-state index contributed by atoms with van der Waals surface area (Å²) < 4.78 is 5.15. The maximum atomic E-state index is 12.0. The first-order valence-corrected chi connectivity index (χ1v) is 6.52. The molecule has 0 spiro atoms. The smallest absolute Gasteiger partial charge is 0.224 e. The second kappa shape index (κ2) is 6.70. The summed E-state index contributed by atoms with van der Waals surface area (Å²) in [6.45, 7) is 1.92. The third kappa shape index (κ3) is 3.82. The summed E-state index contributed by atoms with van der Waals surface area (Å²) in [7, 11) is 1.61. The number of carbonyl (C=O) groups excluding carboxylic acids is 1. The molecular weight excluding hydrogens is 252 g/mol. The Hall–Kier alpha value is -2.36. The Balaban J connectivity index is 1.95. The van der Waals surface area contributed by atoms with Crippen LogP contribution in [0.4, 0.5) is 0 Å². The van der Waals surface area contributed by atoms with Gasteiger partial charge in [-0.3, -0.25) is 9.78 Å². The Labute approximate surface area is 118 Å². The van der Waals surface area contributed by atoms with Gasteiger partial charge in [-0.15, -0.1) is 0 Å². The Kier molecular flexibility index (Phi) is 4.71. The zero-order valence-electron chi connectivity index (χ0n) is 11.7. The molecule has 0 bridgehead atoms. The van der Waals surface area contributed by atoms with Crippen LogP contribution in [0.3, 0.4) is 0 Å². The SMILES string of the molecule is COc1cccc(CC(=O)NC(C)c2ccccn2)c1. The number of hydrogen-bond donors (Lipinski definition) is 1. The molecule has 1 aromatic heterocycles. The lowest BCUT2D eigenvalue weighted by atomic mass is 10.1. The van der Waals surface area contributed by atoms with Crippen molar-refractivity contribution in [1.82, 2.24) is 10.3 Å². The molecule has 1 aromatic carbocycles. The molecule has 0 fully saturated rings. The first-order chi connectivity index (χ1) is 9.69. The molecule has 0 aliphatic rings. The second-order valence-electron chi connectivity index (χ2n) is 4.57. The van der Waals surface area contributed by atoms with Crippen molar-refractivity contribution in [2.75, 3.05) is 7.11 Å². The van der Waals surface area contributed by atoms with Crippen LogP contribution in [-0.4, -0.2) is 18.0 Å². The van der Waals surface area contributed by atoms with Crippen molar-refractivity contribution >= 4 is 5.91 Å². The van der Waals surface area contributed by atoms with Crippen molar-refractivity contribution < 1.29 is 9.53 Å². The number of benzene rings is 1. The van der Waals surface area contributed by atoms with Gasteiger partial charge in [0, 0.05) is 6.20 Å². The number of nitrogens with one attached hydrogen (secondary N) is 1. The maximum Gasteiger partial charge on any atom is 0.224 e. The van der Waals surface area contributed by atoms with Crippen LogP contribution in [0.25, 0.3) is 0 Å². The van der Waals surface area contributed by atoms with E-state index in [0.717, 1.165) is 17.0 Å². The Morgan fingerprint density at radius 1 is 1.30 bits per heavy atom. The summed E-state index contributed by atoms with van der Waals surface area (Å²) >= 11 is 0. The summed E-state index contributed by atoms with van der Waals surface area (Å²) in [5.41, 5.74) is 1.78. The van der Waals surface area contributed by atoms with E-state index in [0.29, 0.717) is 6.42 Å².